The lowest BCUT2D eigenvalue weighted by Gasteiger charge is -2.10. The zero-order valence-electron chi connectivity index (χ0n) is 11.4. The van der Waals surface area contributed by atoms with Crippen LogP contribution in [0.5, 0.6) is 0 Å². The van der Waals surface area contributed by atoms with Crippen LogP contribution in [0, 0.1) is 20.2 Å². The number of nitro benzene ring substituents is 2. The van der Waals surface area contributed by atoms with Gasteiger partial charge in [0.05, 0.1) is 15.9 Å². The van der Waals surface area contributed by atoms with E-state index >= 15 is 0 Å². The van der Waals surface area contributed by atoms with Gasteiger partial charge in [0, 0.05) is 12.1 Å². The van der Waals surface area contributed by atoms with Crippen molar-refractivity contribution in [2.75, 3.05) is 0 Å². The highest BCUT2D eigenvalue weighted by Gasteiger charge is 2.20. The Kier molecular flexibility index (Phi) is 4.60. The Morgan fingerprint density at radius 1 is 0.870 bits per heavy atom. The number of hydrogen-bond acceptors (Lipinski definition) is 5. The first-order chi connectivity index (χ1) is 10.8. The lowest BCUT2D eigenvalue weighted by Crippen LogP contribution is -2.07. The van der Waals surface area contributed by atoms with Crippen LogP contribution in [0.3, 0.4) is 0 Å². The third-order valence-electron chi connectivity index (χ3n) is 3.15. The summed E-state index contributed by atoms with van der Waals surface area (Å²) in [5.41, 5.74) is -0.369. The molecule has 2 aromatic rings. The summed E-state index contributed by atoms with van der Waals surface area (Å²) in [5.74, 6) is 0. The number of rotatable bonds is 5. The first kappa shape index (κ1) is 16.4. The van der Waals surface area contributed by atoms with Gasteiger partial charge in [0.15, 0.2) is 0 Å². The summed E-state index contributed by atoms with van der Waals surface area (Å²) in [5, 5.41) is 31.0. The fourth-order valence-electron chi connectivity index (χ4n) is 1.99. The molecule has 0 fully saturated rings. The first-order valence-corrected chi connectivity index (χ1v) is 6.30. The number of non-ortho nitro benzene ring substituents is 2. The molecule has 0 aromatic heterocycles. The number of benzene rings is 2. The van der Waals surface area contributed by atoms with Gasteiger partial charge in [-0.15, -0.1) is 0 Å². The van der Waals surface area contributed by atoms with E-state index in [2.05, 4.69) is 0 Å². The van der Waals surface area contributed by atoms with Gasteiger partial charge in [0.25, 0.3) is 17.8 Å². The van der Waals surface area contributed by atoms with Crippen LogP contribution in [0.15, 0.2) is 42.5 Å². The first-order valence-electron chi connectivity index (χ1n) is 6.30. The second-order valence-electron chi connectivity index (χ2n) is 4.65. The van der Waals surface area contributed by atoms with Crippen LogP contribution in [0.2, 0.25) is 0 Å². The maximum Gasteiger partial charge on any atom is 0.276 e. The summed E-state index contributed by atoms with van der Waals surface area (Å²) in [6, 6.07) is 8.29. The van der Waals surface area contributed by atoms with E-state index in [0.29, 0.717) is 5.56 Å². The lowest BCUT2D eigenvalue weighted by atomic mass is 10.0. The maximum atomic E-state index is 12.4. The average molecular weight is 324 g/mol. The van der Waals surface area contributed by atoms with Gasteiger partial charge >= 0.3 is 0 Å². The molecule has 0 amide bonds. The highest BCUT2D eigenvalue weighted by molar-refractivity contribution is 5.69. The van der Waals surface area contributed by atoms with Crippen molar-refractivity contribution in [3.63, 3.8) is 0 Å². The zero-order chi connectivity index (χ0) is 17.1. The molecule has 0 radical (unpaired) electrons. The van der Waals surface area contributed by atoms with Gasteiger partial charge < -0.3 is 5.11 Å². The molecule has 9 heteroatoms. The van der Waals surface area contributed by atoms with Crippen molar-refractivity contribution in [1.82, 2.24) is 0 Å². The van der Waals surface area contributed by atoms with Gasteiger partial charge in [-0.25, -0.2) is 8.78 Å². The minimum atomic E-state index is -2.94. The predicted octanol–water partition coefficient (Wildman–Crippen LogP) is 3.47. The Balaban J connectivity index is 2.45. The Morgan fingerprint density at radius 2 is 1.35 bits per heavy atom. The molecule has 0 unspecified atom stereocenters. The van der Waals surface area contributed by atoms with Crippen molar-refractivity contribution in [1.29, 1.82) is 0 Å². The lowest BCUT2D eigenvalue weighted by molar-refractivity contribution is -0.394. The van der Waals surface area contributed by atoms with E-state index in [1.165, 1.54) is 24.3 Å². The highest BCUT2D eigenvalue weighted by atomic mass is 19.3. The van der Waals surface area contributed by atoms with E-state index in [1.54, 1.807) is 0 Å². The minimum Gasteiger partial charge on any atom is -0.382 e. The van der Waals surface area contributed by atoms with Crippen LogP contribution >= 0.6 is 0 Å². The van der Waals surface area contributed by atoms with Crippen LogP contribution < -0.4 is 0 Å². The Morgan fingerprint density at radius 3 is 1.74 bits per heavy atom. The maximum absolute atomic E-state index is 12.4. The van der Waals surface area contributed by atoms with Crippen molar-refractivity contribution in [2.45, 2.75) is 12.5 Å². The monoisotopic (exact) mass is 324 g/mol. The van der Waals surface area contributed by atoms with Gasteiger partial charge in [-0.2, -0.15) is 0 Å². The molecule has 1 N–H and O–H groups in total. The summed E-state index contributed by atoms with van der Waals surface area (Å²) in [4.78, 5) is 20.2. The summed E-state index contributed by atoms with van der Waals surface area (Å²) < 4.78 is 24.8. The number of halogens is 2. The van der Waals surface area contributed by atoms with Gasteiger partial charge in [-0.05, 0) is 16.7 Å². The van der Waals surface area contributed by atoms with E-state index < -0.39 is 33.8 Å². The molecule has 23 heavy (non-hydrogen) atoms. The molecule has 2 rings (SSSR count). The molecule has 0 saturated heterocycles. The summed E-state index contributed by atoms with van der Waals surface area (Å²) in [6.45, 7) is 0. The third-order valence-corrected chi connectivity index (χ3v) is 3.15. The largest absolute Gasteiger partial charge is 0.382 e. The Labute approximate surface area is 128 Å². The summed E-state index contributed by atoms with van der Waals surface area (Å²) in [6.07, 6.45) is -4.89. The molecule has 0 aliphatic heterocycles. The van der Waals surface area contributed by atoms with Crippen LogP contribution in [-0.2, 0) is 0 Å². The number of hydrogen-bond donors (Lipinski definition) is 1. The van der Waals surface area contributed by atoms with E-state index in [0.717, 1.165) is 18.2 Å². The second kappa shape index (κ2) is 6.44. The number of alkyl halides is 2. The van der Waals surface area contributed by atoms with E-state index in [4.69, 9.17) is 0 Å². The predicted molar refractivity (Wildman–Crippen MR) is 76.2 cm³/mol. The fraction of sp³-hybridized carbons (Fsp3) is 0.143. The molecule has 2 aromatic carbocycles. The standard InChI is InChI=1S/C14H10F2N2O5/c15-14(16)13(19)9-3-1-8(2-4-9)10-5-11(17(20)21)7-12(6-10)18(22)23/h1-7,13-14,19H/t13-/m1/s1. The van der Waals surface area contributed by atoms with Crippen molar-refractivity contribution >= 4 is 11.4 Å². The van der Waals surface area contributed by atoms with Crippen molar-refractivity contribution < 1.29 is 23.7 Å². The van der Waals surface area contributed by atoms with Crippen LogP contribution in [0.1, 0.15) is 11.7 Å². The molecular weight excluding hydrogens is 314 g/mol. The molecule has 1 atom stereocenters. The van der Waals surface area contributed by atoms with Crippen molar-refractivity contribution in [3.8, 4) is 11.1 Å². The zero-order valence-corrected chi connectivity index (χ0v) is 11.4. The summed E-state index contributed by atoms with van der Waals surface area (Å²) in [7, 11) is 0. The van der Waals surface area contributed by atoms with Gasteiger partial charge in [-0.3, -0.25) is 20.2 Å². The second-order valence-corrected chi connectivity index (χ2v) is 4.65. The number of nitrogens with zero attached hydrogens (tertiary/aromatic N) is 2. The van der Waals surface area contributed by atoms with E-state index in [1.807, 2.05) is 0 Å². The minimum absolute atomic E-state index is 0.0244. The average Bonchev–Trinajstić information content (AvgIpc) is 2.53. The van der Waals surface area contributed by atoms with Crippen LogP contribution in [0.4, 0.5) is 20.2 Å². The molecule has 7 nitrogen and oxygen atoms in total. The molecule has 0 bridgehead atoms. The third kappa shape index (κ3) is 3.64. The number of aliphatic hydroxyl groups excluding tert-OH is 1. The SMILES string of the molecule is O=[N+]([O-])c1cc(-c2ccc([C@@H](O)C(F)F)cc2)cc([N+](=O)[O-])c1. The molecule has 0 spiro atoms. The number of aliphatic hydroxyl groups is 1. The van der Waals surface area contributed by atoms with Gasteiger partial charge in [0.1, 0.15) is 6.10 Å². The summed E-state index contributed by atoms with van der Waals surface area (Å²) >= 11 is 0. The quantitative estimate of drug-likeness (QED) is 0.669. The normalized spacial score (nSPS) is 12.2. The van der Waals surface area contributed by atoms with Crippen molar-refractivity contribution in [2.24, 2.45) is 0 Å². The fourth-order valence-corrected chi connectivity index (χ4v) is 1.99. The number of nitro groups is 2. The highest BCUT2D eigenvalue weighted by Crippen LogP contribution is 2.31. The van der Waals surface area contributed by atoms with Gasteiger partial charge in [0.2, 0.25) is 0 Å². The molecule has 0 heterocycles. The van der Waals surface area contributed by atoms with E-state index in [-0.39, 0.29) is 11.1 Å². The Bertz CT molecular complexity index is 717. The Hall–Kier alpha value is -2.94. The van der Waals surface area contributed by atoms with E-state index in [9.17, 15) is 34.1 Å². The smallest absolute Gasteiger partial charge is 0.276 e. The van der Waals surface area contributed by atoms with Crippen LogP contribution in [-0.4, -0.2) is 21.4 Å². The molecular formula is C14H10F2N2O5. The topological polar surface area (TPSA) is 107 Å². The van der Waals surface area contributed by atoms with Crippen molar-refractivity contribution in [3.05, 3.63) is 68.3 Å². The van der Waals surface area contributed by atoms with Crippen LogP contribution in [0.25, 0.3) is 11.1 Å². The van der Waals surface area contributed by atoms with Gasteiger partial charge in [-0.1, -0.05) is 24.3 Å². The molecule has 0 saturated carbocycles. The molecule has 0 aliphatic rings. The molecule has 120 valence electrons. The molecule has 0 aliphatic carbocycles.